The van der Waals surface area contributed by atoms with E-state index in [-0.39, 0.29) is 0 Å². The summed E-state index contributed by atoms with van der Waals surface area (Å²) in [5.74, 6) is 2.41. The van der Waals surface area contributed by atoms with Crippen molar-refractivity contribution in [2.75, 3.05) is 25.5 Å². The van der Waals surface area contributed by atoms with Gasteiger partial charge in [0.2, 0.25) is 0 Å². The topological polar surface area (TPSA) is 73.1 Å². The van der Waals surface area contributed by atoms with Gasteiger partial charge in [-0.2, -0.15) is 0 Å². The fourth-order valence-electron chi connectivity index (χ4n) is 2.51. The number of benzene rings is 2. The number of aromatic nitrogens is 2. The highest BCUT2D eigenvalue weighted by Crippen LogP contribution is 2.33. The molecule has 0 amide bonds. The summed E-state index contributed by atoms with van der Waals surface area (Å²) >= 11 is 5.17. The Morgan fingerprint density at radius 3 is 2.65 bits per heavy atom. The number of ether oxygens (including phenoxy) is 1. The van der Waals surface area contributed by atoms with E-state index in [1.54, 1.807) is 18.9 Å². The minimum absolute atomic E-state index is 0.645. The molecule has 0 atom stereocenters. The van der Waals surface area contributed by atoms with Gasteiger partial charge in [0.1, 0.15) is 10.8 Å². The molecular formula is C19H21BrN4OS. The lowest BCUT2D eigenvalue weighted by Crippen LogP contribution is -2.10. The number of para-hydroxylation sites is 2. The van der Waals surface area contributed by atoms with Gasteiger partial charge in [-0.1, -0.05) is 39.8 Å². The van der Waals surface area contributed by atoms with Crippen LogP contribution in [-0.4, -0.2) is 30.2 Å². The van der Waals surface area contributed by atoms with Crippen molar-refractivity contribution in [1.29, 1.82) is 0 Å². The molecule has 2 aromatic carbocycles. The first-order chi connectivity index (χ1) is 12.7. The quantitative estimate of drug-likeness (QED) is 0.404. The van der Waals surface area contributed by atoms with Crippen molar-refractivity contribution in [3.8, 4) is 5.75 Å². The Kier molecular flexibility index (Phi) is 6.71. The van der Waals surface area contributed by atoms with E-state index < -0.39 is 0 Å². The smallest absolute Gasteiger partial charge is 0.159 e. The monoisotopic (exact) mass is 432 g/mol. The largest absolute Gasteiger partial charge is 0.496 e. The summed E-state index contributed by atoms with van der Waals surface area (Å²) in [6.07, 6.45) is 0.887. The number of hydrogen-bond acceptors (Lipinski definition) is 6. The molecule has 3 N–H and O–H groups in total. The molecule has 1 aromatic heterocycles. The Labute approximate surface area is 165 Å². The highest BCUT2D eigenvalue weighted by Gasteiger charge is 2.11. The first-order valence-corrected chi connectivity index (χ1v) is 10.1. The van der Waals surface area contributed by atoms with Crippen LogP contribution in [0.15, 0.2) is 52.0 Å². The standard InChI is InChI=1S/C19H21BrN4OS/c1-25-17-8-7-14(20)11-13(17)12-26-19-18(22-10-4-9-21)23-15-5-2-3-6-16(15)24-19/h2-3,5-8,11H,4,9-10,12,21H2,1H3,(H,22,23). The van der Waals surface area contributed by atoms with Gasteiger partial charge in [-0.3, -0.25) is 0 Å². The fourth-order valence-corrected chi connectivity index (χ4v) is 3.86. The lowest BCUT2D eigenvalue weighted by molar-refractivity contribution is 0.411. The van der Waals surface area contributed by atoms with Gasteiger partial charge < -0.3 is 15.8 Å². The third kappa shape index (κ3) is 4.66. The van der Waals surface area contributed by atoms with Gasteiger partial charge >= 0.3 is 0 Å². The molecule has 7 heteroatoms. The molecule has 0 fully saturated rings. The zero-order valence-corrected chi connectivity index (χ0v) is 16.9. The average molecular weight is 433 g/mol. The molecule has 3 rings (SSSR count). The summed E-state index contributed by atoms with van der Waals surface area (Å²) in [7, 11) is 1.69. The maximum Gasteiger partial charge on any atom is 0.159 e. The molecular weight excluding hydrogens is 412 g/mol. The highest BCUT2D eigenvalue weighted by atomic mass is 79.9. The molecule has 0 saturated heterocycles. The van der Waals surface area contributed by atoms with Gasteiger partial charge in [0.15, 0.2) is 5.82 Å². The number of halogens is 1. The van der Waals surface area contributed by atoms with Crippen LogP contribution >= 0.6 is 27.7 Å². The van der Waals surface area contributed by atoms with Gasteiger partial charge in [0.25, 0.3) is 0 Å². The first-order valence-electron chi connectivity index (χ1n) is 8.37. The molecule has 136 valence electrons. The molecule has 0 aliphatic rings. The third-order valence-corrected chi connectivity index (χ3v) is 5.33. The average Bonchev–Trinajstić information content (AvgIpc) is 2.66. The summed E-state index contributed by atoms with van der Waals surface area (Å²) in [5, 5.41) is 4.25. The van der Waals surface area contributed by atoms with Crippen molar-refractivity contribution in [1.82, 2.24) is 9.97 Å². The molecule has 0 aliphatic carbocycles. The van der Waals surface area contributed by atoms with E-state index in [2.05, 4.69) is 27.3 Å². The van der Waals surface area contributed by atoms with E-state index in [0.717, 1.165) is 56.4 Å². The Morgan fingerprint density at radius 2 is 1.92 bits per heavy atom. The van der Waals surface area contributed by atoms with Gasteiger partial charge in [0, 0.05) is 22.3 Å². The zero-order chi connectivity index (χ0) is 18.4. The van der Waals surface area contributed by atoms with Crippen LogP contribution in [0, 0.1) is 0 Å². The van der Waals surface area contributed by atoms with Crippen molar-refractivity contribution in [2.45, 2.75) is 17.2 Å². The molecule has 5 nitrogen and oxygen atoms in total. The minimum Gasteiger partial charge on any atom is -0.496 e. The molecule has 0 radical (unpaired) electrons. The van der Waals surface area contributed by atoms with E-state index in [1.807, 2.05) is 36.4 Å². The third-order valence-electron chi connectivity index (χ3n) is 3.82. The van der Waals surface area contributed by atoms with Crippen LogP contribution < -0.4 is 15.8 Å². The van der Waals surface area contributed by atoms with E-state index in [9.17, 15) is 0 Å². The van der Waals surface area contributed by atoms with Crippen LogP contribution in [0.4, 0.5) is 5.82 Å². The van der Waals surface area contributed by atoms with E-state index >= 15 is 0 Å². The molecule has 1 heterocycles. The number of nitrogens with zero attached hydrogens (tertiary/aromatic N) is 2. The lowest BCUT2D eigenvalue weighted by Gasteiger charge is -2.12. The molecule has 0 bridgehead atoms. The Morgan fingerprint density at radius 1 is 1.15 bits per heavy atom. The maximum absolute atomic E-state index is 5.60. The Hall–Kier alpha value is -1.83. The van der Waals surface area contributed by atoms with Crippen LogP contribution in [0.1, 0.15) is 12.0 Å². The Bertz CT molecular complexity index is 891. The second kappa shape index (κ2) is 9.21. The van der Waals surface area contributed by atoms with E-state index in [1.165, 1.54) is 0 Å². The molecule has 3 aromatic rings. The van der Waals surface area contributed by atoms with Crippen molar-refractivity contribution >= 4 is 44.5 Å². The van der Waals surface area contributed by atoms with Crippen molar-refractivity contribution in [2.24, 2.45) is 5.73 Å². The van der Waals surface area contributed by atoms with Crippen LogP contribution in [0.2, 0.25) is 0 Å². The van der Waals surface area contributed by atoms with Crippen molar-refractivity contribution in [3.63, 3.8) is 0 Å². The summed E-state index contributed by atoms with van der Waals surface area (Å²) in [6, 6.07) is 13.9. The molecule has 0 saturated carbocycles. The minimum atomic E-state index is 0.645. The van der Waals surface area contributed by atoms with Crippen LogP contribution in [0.3, 0.4) is 0 Å². The zero-order valence-electron chi connectivity index (χ0n) is 14.5. The number of fused-ring (bicyclic) bond motifs is 1. The van der Waals surface area contributed by atoms with Crippen molar-refractivity contribution < 1.29 is 4.74 Å². The van der Waals surface area contributed by atoms with Crippen LogP contribution in [-0.2, 0) is 5.75 Å². The molecule has 0 aliphatic heterocycles. The molecule has 26 heavy (non-hydrogen) atoms. The Balaban J connectivity index is 1.87. The van der Waals surface area contributed by atoms with Gasteiger partial charge in [-0.25, -0.2) is 9.97 Å². The summed E-state index contributed by atoms with van der Waals surface area (Å²) in [4.78, 5) is 9.54. The lowest BCUT2D eigenvalue weighted by atomic mass is 10.2. The number of rotatable bonds is 8. The van der Waals surface area contributed by atoms with Crippen LogP contribution in [0.5, 0.6) is 5.75 Å². The molecule has 0 unspecified atom stereocenters. The number of nitrogens with two attached hydrogens (primary N) is 1. The van der Waals surface area contributed by atoms with Crippen LogP contribution in [0.25, 0.3) is 11.0 Å². The summed E-state index contributed by atoms with van der Waals surface area (Å²) in [6.45, 7) is 1.42. The summed E-state index contributed by atoms with van der Waals surface area (Å²) < 4.78 is 6.50. The maximum atomic E-state index is 5.60. The predicted octanol–water partition coefficient (Wildman–Crippen LogP) is 4.45. The van der Waals surface area contributed by atoms with Gasteiger partial charge in [-0.05, 0) is 43.3 Å². The second-order valence-corrected chi connectivity index (χ2v) is 7.56. The second-order valence-electron chi connectivity index (χ2n) is 5.68. The number of anilines is 1. The summed E-state index contributed by atoms with van der Waals surface area (Å²) in [5.41, 5.74) is 8.48. The van der Waals surface area contributed by atoms with Crippen molar-refractivity contribution in [3.05, 3.63) is 52.5 Å². The highest BCUT2D eigenvalue weighted by molar-refractivity contribution is 9.10. The number of thioether (sulfide) groups is 1. The fraction of sp³-hybridized carbons (Fsp3) is 0.263. The first kappa shape index (κ1) is 18.9. The molecule has 0 spiro atoms. The number of hydrogen-bond donors (Lipinski definition) is 2. The predicted molar refractivity (Wildman–Crippen MR) is 112 cm³/mol. The van der Waals surface area contributed by atoms with Gasteiger partial charge in [-0.15, -0.1) is 0 Å². The van der Waals surface area contributed by atoms with E-state index in [4.69, 9.17) is 20.4 Å². The number of methoxy groups -OCH3 is 1. The van der Waals surface area contributed by atoms with E-state index in [0.29, 0.717) is 6.54 Å². The number of nitrogens with one attached hydrogen (secondary N) is 1. The normalized spacial score (nSPS) is 10.9. The van der Waals surface area contributed by atoms with Gasteiger partial charge in [0.05, 0.1) is 18.1 Å². The SMILES string of the molecule is COc1ccc(Br)cc1CSc1nc2ccccc2nc1NCCCN.